The Balaban J connectivity index is 1.78. The molecule has 2 aliphatic rings. The Morgan fingerprint density at radius 2 is 1.83 bits per heavy atom. The van der Waals surface area contributed by atoms with Gasteiger partial charge in [-0.25, -0.2) is 0 Å². The van der Waals surface area contributed by atoms with E-state index in [9.17, 15) is 14.4 Å². The lowest BCUT2D eigenvalue weighted by Gasteiger charge is -2.37. The summed E-state index contributed by atoms with van der Waals surface area (Å²) in [5.74, 6) is -0.393. The lowest BCUT2D eigenvalue weighted by molar-refractivity contribution is -0.151. The van der Waals surface area contributed by atoms with Gasteiger partial charge in [-0.1, -0.05) is 57.0 Å². The minimum Gasteiger partial charge on any atom is -0.496 e. The fraction of sp³-hybridized carbons (Fsp3) is 0.545. The van der Waals surface area contributed by atoms with Crippen molar-refractivity contribution in [2.24, 2.45) is 11.3 Å². The molecule has 3 atom stereocenters. The minimum absolute atomic E-state index is 0.185. The number of benzene rings is 2. The molecule has 0 bridgehead atoms. The predicted molar refractivity (Wildman–Crippen MR) is 163 cm³/mol. The van der Waals surface area contributed by atoms with Crippen molar-refractivity contribution in [3.63, 3.8) is 0 Å². The Kier molecular flexibility index (Phi) is 10.5. The van der Waals surface area contributed by atoms with Gasteiger partial charge in [0.15, 0.2) is 0 Å². The highest BCUT2D eigenvalue weighted by Crippen LogP contribution is 2.40. The van der Waals surface area contributed by atoms with Crippen LogP contribution in [0, 0.1) is 11.3 Å². The number of carbonyl (C=O) groups is 3. The molecule has 1 fully saturated rings. The van der Waals surface area contributed by atoms with Crippen LogP contribution in [0.4, 0.5) is 5.69 Å². The van der Waals surface area contributed by atoms with Crippen LogP contribution in [0.1, 0.15) is 77.0 Å². The average molecular weight is 599 g/mol. The predicted octanol–water partition coefficient (Wildman–Crippen LogP) is 6.19. The van der Waals surface area contributed by atoms with Crippen molar-refractivity contribution in [1.82, 2.24) is 4.90 Å². The first-order valence-electron chi connectivity index (χ1n) is 14.8. The van der Waals surface area contributed by atoms with E-state index in [4.69, 9.17) is 25.8 Å². The number of halogens is 1. The van der Waals surface area contributed by atoms with Crippen LogP contribution in [0.5, 0.6) is 5.75 Å². The number of hydrogen-bond donors (Lipinski definition) is 0. The van der Waals surface area contributed by atoms with E-state index < -0.39 is 6.10 Å². The number of nitrogens with zero attached hydrogens (tertiary/aromatic N) is 2. The van der Waals surface area contributed by atoms with Crippen LogP contribution >= 0.6 is 11.6 Å². The standard InChI is InChI=1S/C33H43ClN2O6/c1-6-41-32(39)22-10-9-11-24(18-22)35-16-17-42-31(25-12-7-8-13-28(25)40-5)26-19-23(34)14-15-27(26)36(21-33(2,3)4)30(38)20-29(35)37/h7-8,12-15,19,22,24,31H,6,9-11,16-18,20-21H2,1-5H3/t22-,24+,31?/m0/s1. The first kappa shape index (κ1) is 31.8. The second kappa shape index (κ2) is 13.9. The molecule has 1 unspecified atom stereocenters. The molecule has 1 aliphatic carbocycles. The summed E-state index contributed by atoms with van der Waals surface area (Å²) in [4.78, 5) is 43.9. The average Bonchev–Trinajstić information content (AvgIpc) is 2.97. The summed E-state index contributed by atoms with van der Waals surface area (Å²) in [6.07, 6.45) is 1.91. The van der Waals surface area contributed by atoms with E-state index in [2.05, 4.69) is 20.8 Å². The number of ether oxygens (including phenoxy) is 3. The van der Waals surface area contributed by atoms with Crippen molar-refractivity contribution >= 4 is 35.1 Å². The van der Waals surface area contributed by atoms with Gasteiger partial charge in [0.2, 0.25) is 11.8 Å². The van der Waals surface area contributed by atoms with Gasteiger partial charge < -0.3 is 24.0 Å². The fourth-order valence-electron chi connectivity index (χ4n) is 6.02. The zero-order valence-corrected chi connectivity index (χ0v) is 26.1. The highest BCUT2D eigenvalue weighted by atomic mass is 35.5. The van der Waals surface area contributed by atoms with Gasteiger partial charge in [-0.3, -0.25) is 14.4 Å². The molecule has 4 rings (SSSR count). The van der Waals surface area contributed by atoms with Gasteiger partial charge in [-0.15, -0.1) is 0 Å². The van der Waals surface area contributed by atoms with Crippen LogP contribution in [-0.2, 0) is 23.9 Å². The zero-order chi connectivity index (χ0) is 30.4. The normalized spacial score (nSPS) is 22.3. The molecule has 0 radical (unpaired) electrons. The lowest BCUT2D eigenvalue weighted by atomic mass is 9.84. The molecular weight excluding hydrogens is 556 g/mol. The summed E-state index contributed by atoms with van der Waals surface area (Å²) >= 11 is 6.54. The third-order valence-corrected chi connectivity index (χ3v) is 8.10. The van der Waals surface area contributed by atoms with Crippen molar-refractivity contribution in [3.05, 3.63) is 58.6 Å². The van der Waals surface area contributed by atoms with Gasteiger partial charge in [0, 0.05) is 41.0 Å². The summed E-state index contributed by atoms with van der Waals surface area (Å²) in [6.45, 7) is 9.18. The van der Waals surface area contributed by atoms with Crippen LogP contribution in [0.2, 0.25) is 5.02 Å². The van der Waals surface area contributed by atoms with Crippen molar-refractivity contribution in [3.8, 4) is 5.75 Å². The molecule has 2 aromatic carbocycles. The molecule has 0 saturated heterocycles. The number of methoxy groups -OCH3 is 1. The fourth-order valence-corrected chi connectivity index (χ4v) is 6.20. The molecule has 1 heterocycles. The van der Waals surface area contributed by atoms with Crippen molar-refractivity contribution in [2.75, 3.05) is 38.3 Å². The summed E-state index contributed by atoms with van der Waals surface area (Å²) in [7, 11) is 1.61. The lowest BCUT2D eigenvalue weighted by Crippen LogP contribution is -2.47. The molecule has 228 valence electrons. The van der Waals surface area contributed by atoms with E-state index in [0.717, 1.165) is 30.4 Å². The Morgan fingerprint density at radius 3 is 2.55 bits per heavy atom. The smallest absolute Gasteiger partial charge is 0.308 e. The Labute approximate surface area is 254 Å². The molecule has 8 nitrogen and oxygen atoms in total. The molecule has 0 N–H and O–H groups in total. The molecule has 1 saturated carbocycles. The van der Waals surface area contributed by atoms with E-state index in [0.29, 0.717) is 36.0 Å². The van der Waals surface area contributed by atoms with Crippen LogP contribution in [0.3, 0.4) is 0 Å². The molecular formula is C33H43ClN2O6. The van der Waals surface area contributed by atoms with Gasteiger partial charge >= 0.3 is 5.97 Å². The number of hydrogen-bond acceptors (Lipinski definition) is 6. The molecule has 42 heavy (non-hydrogen) atoms. The quantitative estimate of drug-likeness (QED) is 0.291. The van der Waals surface area contributed by atoms with E-state index in [1.54, 1.807) is 29.9 Å². The monoisotopic (exact) mass is 598 g/mol. The summed E-state index contributed by atoms with van der Waals surface area (Å²) in [6, 6.07) is 12.9. The molecule has 1 aliphatic heterocycles. The number of para-hydroxylation sites is 1. The largest absolute Gasteiger partial charge is 0.496 e. The first-order valence-corrected chi connectivity index (χ1v) is 15.2. The second-order valence-electron chi connectivity index (χ2n) is 12.3. The van der Waals surface area contributed by atoms with Crippen LogP contribution in [-0.4, -0.2) is 62.1 Å². The Bertz CT molecular complexity index is 1280. The second-order valence-corrected chi connectivity index (χ2v) is 12.7. The van der Waals surface area contributed by atoms with E-state index in [1.807, 2.05) is 36.4 Å². The van der Waals surface area contributed by atoms with Crippen molar-refractivity contribution in [2.45, 2.75) is 71.9 Å². The maximum atomic E-state index is 14.0. The highest BCUT2D eigenvalue weighted by Gasteiger charge is 2.37. The van der Waals surface area contributed by atoms with E-state index in [1.165, 1.54) is 0 Å². The van der Waals surface area contributed by atoms with Crippen LogP contribution in [0.15, 0.2) is 42.5 Å². The van der Waals surface area contributed by atoms with Crippen LogP contribution in [0.25, 0.3) is 0 Å². The molecule has 0 aromatic heterocycles. The maximum Gasteiger partial charge on any atom is 0.308 e. The summed E-state index contributed by atoms with van der Waals surface area (Å²) in [5, 5.41) is 0.514. The summed E-state index contributed by atoms with van der Waals surface area (Å²) < 4.78 is 17.6. The van der Waals surface area contributed by atoms with E-state index >= 15 is 0 Å². The van der Waals surface area contributed by atoms with Gasteiger partial charge in [-0.2, -0.15) is 0 Å². The van der Waals surface area contributed by atoms with Crippen LogP contribution < -0.4 is 9.64 Å². The highest BCUT2D eigenvalue weighted by molar-refractivity contribution is 6.30. The molecule has 0 spiro atoms. The summed E-state index contributed by atoms with van der Waals surface area (Å²) in [5.41, 5.74) is 1.91. The number of esters is 1. The van der Waals surface area contributed by atoms with Crippen molar-refractivity contribution in [1.29, 1.82) is 0 Å². The van der Waals surface area contributed by atoms with Gasteiger partial charge in [0.1, 0.15) is 18.3 Å². The Hall–Kier alpha value is -3.10. The Morgan fingerprint density at radius 1 is 1.07 bits per heavy atom. The number of carbonyl (C=O) groups excluding carboxylic acids is 3. The third-order valence-electron chi connectivity index (χ3n) is 7.86. The van der Waals surface area contributed by atoms with Gasteiger partial charge in [-0.05, 0) is 55.9 Å². The SMILES string of the molecule is CCOC(=O)[C@H]1CCC[C@@H](N2CCOC(c3ccccc3OC)c3cc(Cl)ccc3N(CC(C)(C)C)C(=O)CC2=O)C1. The van der Waals surface area contributed by atoms with Gasteiger partial charge in [0.05, 0.1) is 26.2 Å². The number of rotatable bonds is 6. The molecule has 2 amide bonds. The van der Waals surface area contributed by atoms with Crippen molar-refractivity contribution < 1.29 is 28.6 Å². The molecule has 2 aromatic rings. The molecule has 9 heteroatoms. The minimum atomic E-state index is -0.612. The number of anilines is 1. The number of fused-ring (bicyclic) bond motifs is 1. The maximum absolute atomic E-state index is 14.0. The van der Waals surface area contributed by atoms with Gasteiger partial charge in [0.25, 0.3) is 0 Å². The topological polar surface area (TPSA) is 85.4 Å². The zero-order valence-electron chi connectivity index (χ0n) is 25.4. The van der Waals surface area contributed by atoms with E-state index in [-0.39, 0.29) is 54.7 Å². The third kappa shape index (κ3) is 7.64. The first-order chi connectivity index (χ1) is 20.0. The number of amides is 2.